The molecule has 0 aliphatic carbocycles. The van der Waals surface area contributed by atoms with Crippen LogP contribution in [0.4, 0.5) is 21.5 Å². The molecule has 2 aromatic carbocycles. The summed E-state index contributed by atoms with van der Waals surface area (Å²) < 4.78 is 18.1. The van der Waals surface area contributed by atoms with Crippen LogP contribution in [0.1, 0.15) is 6.92 Å². The Labute approximate surface area is 112 Å². The average Bonchev–Trinajstić information content (AvgIpc) is 2.43. The minimum atomic E-state index is -0.248. The molecule has 0 unspecified atom stereocenters. The lowest BCUT2D eigenvalue weighted by Gasteiger charge is -2.25. The molecule has 0 atom stereocenters. The van der Waals surface area contributed by atoms with Gasteiger partial charge in [-0.25, -0.2) is 4.39 Å². The van der Waals surface area contributed by atoms with Gasteiger partial charge in [0.1, 0.15) is 11.6 Å². The second-order valence-corrected chi connectivity index (χ2v) is 4.15. The lowest BCUT2D eigenvalue weighted by molar-refractivity contribution is 0.415. The van der Waals surface area contributed by atoms with Crippen LogP contribution in [0, 0.1) is 5.82 Å². The zero-order valence-electron chi connectivity index (χ0n) is 11.1. The van der Waals surface area contributed by atoms with Crippen LogP contribution in [0.5, 0.6) is 5.75 Å². The smallest absolute Gasteiger partial charge is 0.123 e. The highest BCUT2D eigenvalue weighted by atomic mass is 19.1. The van der Waals surface area contributed by atoms with Gasteiger partial charge < -0.3 is 15.4 Å². The van der Waals surface area contributed by atoms with Crippen LogP contribution >= 0.6 is 0 Å². The number of nitrogen functional groups attached to an aromatic ring is 1. The number of hydrogen-bond donors (Lipinski definition) is 1. The molecule has 3 nitrogen and oxygen atoms in total. The number of halogens is 1. The molecule has 0 fully saturated rings. The van der Waals surface area contributed by atoms with E-state index in [4.69, 9.17) is 10.5 Å². The molecule has 0 radical (unpaired) electrons. The van der Waals surface area contributed by atoms with Crippen LogP contribution in [-0.4, -0.2) is 13.7 Å². The van der Waals surface area contributed by atoms with Crippen LogP contribution in [0.2, 0.25) is 0 Å². The molecule has 100 valence electrons. The summed E-state index contributed by atoms with van der Waals surface area (Å²) in [5, 5.41) is 0. The molecule has 0 aliphatic rings. The maximum absolute atomic E-state index is 13.0. The van der Waals surface area contributed by atoms with E-state index in [1.807, 2.05) is 24.0 Å². The molecule has 0 aliphatic heterocycles. The van der Waals surface area contributed by atoms with E-state index >= 15 is 0 Å². The van der Waals surface area contributed by atoms with Crippen molar-refractivity contribution >= 4 is 17.1 Å². The second kappa shape index (κ2) is 5.61. The number of benzene rings is 2. The third-order valence-corrected chi connectivity index (χ3v) is 2.98. The number of nitrogens with zero attached hydrogens (tertiary/aromatic N) is 1. The normalized spacial score (nSPS) is 10.3. The van der Waals surface area contributed by atoms with Crippen molar-refractivity contribution in [3.05, 3.63) is 48.3 Å². The Kier molecular flexibility index (Phi) is 3.90. The third-order valence-electron chi connectivity index (χ3n) is 2.98. The topological polar surface area (TPSA) is 38.5 Å². The monoisotopic (exact) mass is 260 g/mol. The van der Waals surface area contributed by atoms with Crippen LogP contribution in [0.25, 0.3) is 0 Å². The molecule has 0 aromatic heterocycles. The fraction of sp³-hybridized carbons (Fsp3) is 0.200. The maximum atomic E-state index is 13.0. The Morgan fingerprint density at radius 2 is 1.84 bits per heavy atom. The van der Waals surface area contributed by atoms with E-state index in [1.54, 1.807) is 25.3 Å². The van der Waals surface area contributed by atoms with Crippen molar-refractivity contribution in [3.8, 4) is 5.75 Å². The first-order chi connectivity index (χ1) is 9.15. The molecule has 0 saturated carbocycles. The highest BCUT2D eigenvalue weighted by molar-refractivity contribution is 5.76. The highest BCUT2D eigenvalue weighted by Crippen LogP contribution is 2.32. The van der Waals surface area contributed by atoms with E-state index in [1.165, 1.54) is 12.1 Å². The summed E-state index contributed by atoms with van der Waals surface area (Å²) in [5.41, 5.74) is 8.46. The van der Waals surface area contributed by atoms with Crippen molar-refractivity contribution in [3.63, 3.8) is 0 Å². The van der Waals surface area contributed by atoms with Crippen LogP contribution in [0.15, 0.2) is 42.5 Å². The van der Waals surface area contributed by atoms with Crippen molar-refractivity contribution < 1.29 is 9.13 Å². The molecular weight excluding hydrogens is 243 g/mol. The molecule has 2 aromatic rings. The number of rotatable bonds is 4. The molecule has 0 saturated heterocycles. The first kappa shape index (κ1) is 13.2. The molecular formula is C15H17FN2O. The molecule has 0 amide bonds. The van der Waals surface area contributed by atoms with Crippen molar-refractivity contribution in [1.29, 1.82) is 0 Å². The molecule has 19 heavy (non-hydrogen) atoms. The van der Waals surface area contributed by atoms with Gasteiger partial charge in [-0.3, -0.25) is 0 Å². The van der Waals surface area contributed by atoms with Crippen LogP contribution in [-0.2, 0) is 0 Å². The van der Waals surface area contributed by atoms with E-state index in [-0.39, 0.29) is 5.82 Å². The van der Waals surface area contributed by atoms with Crippen molar-refractivity contribution in [1.82, 2.24) is 0 Å². The van der Waals surface area contributed by atoms with Gasteiger partial charge in [-0.1, -0.05) is 0 Å². The van der Waals surface area contributed by atoms with Gasteiger partial charge in [-0.15, -0.1) is 0 Å². The summed E-state index contributed by atoms with van der Waals surface area (Å²) in [7, 11) is 1.60. The zero-order chi connectivity index (χ0) is 13.8. The summed E-state index contributed by atoms with van der Waals surface area (Å²) >= 11 is 0. The quantitative estimate of drug-likeness (QED) is 0.854. The van der Waals surface area contributed by atoms with Gasteiger partial charge in [0.25, 0.3) is 0 Å². The summed E-state index contributed by atoms with van der Waals surface area (Å²) in [6.45, 7) is 2.76. The van der Waals surface area contributed by atoms with E-state index in [9.17, 15) is 4.39 Å². The van der Waals surface area contributed by atoms with Gasteiger partial charge in [0, 0.05) is 18.3 Å². The van der Waals surface area contributed by atoms with E-state index in [0.717, 1.165) is 23.7 Å². The lowest BCUT2D eigenvalue weighted by atomic mass is 10.2. The zero-order valence-corrected chi connectivity index (χ0v) is 11.1. The standard InChI is InChI=1S/C15H17FN2O/c1-3-18(12-6-4-11(16)5-7-12)15-9-8-13(19-2)10-14(15)17/h4-10H,3,17H2,1-2H3. The van der Waals surface area contributed by atoms with E-state index < -0.39 is 0 Å². The third kappa shape index (κ3) is 2.78. The minimum Gasteiger partial charge on any atom is -0.497 e. The molecule has 0 heterocycles. The van der Waals surface area contributed by atoms with Gasteiger partial charge >= 0.3 is 0 Å². The predicted molar refractivity (Wildman–Crippen MR) is 76.5 cm³/mol. The highest BCUT2D eigenvalue weighted by Gasteiger charge is 2.11. The number of hydrogen-bond acceptors (Lipinski definition) is 3. The van der Waals surface area contributed by atoms with Gasteiger partial charge in [0.2, 0.25) is 0 Å². The largest absolute Gasteiger partial charge is 0.497 e. The summed E-state index contributed by atoms with van der Waals surface area (Å²) in [6.07, 6.45) is 0. The first-order valence-corrected chi connectivity index (χ1v) is 6.12. The molecule has 0 spiro atoms. The van der Waals surface area contributed by atoms with Crippen molar-refractivity contribution in [2.75, 3.05) is 24.3 Å². The second-order valence-electron chi connectivity index (χ2n) is 4.15. The number of nitrogens with two attached hydrogens (primary N) is 1. The molecule has 0 bridgehead atoms. The van der Waals surface area contributed by atoms with Crippen molar-refractivity contribution in [2.24, 2.45) is 0 Å². The SMILES string of the molecule is CCN(c1ccc(F)cc1)c1ccc(OC)cc1N. The van der Waals surface area contributed by atoms with Crippen molar-refractivity contribution in [2.45, 2.75) is 6.92 Å². The first-order valence-electron chi connectivity index (χ1n) is 6.12. The average molecular weight is 260 g/mol. The number of ether oxygens (including phenoxy) is 1. The van der Waals surface area contributed by atoms with Gasteiger partial charge in [-0.05, 0) is 43.3 Å². The summed E-state index contributed by atoms with van der Waals surface area (Å²) in [4.78, 5) is 2.02. The fourth-order valence-electron chi connectivity index (χ4n) is 2.02. The van der Waals surface area contributed by atoms with E-state index in [0.29, 0.717) is 5.69 Å². The Bertz CT molecular complexity index is 555. The maximum Gasteiger partial charge on any atom is 0.123 e. The molecule has 2 N–H and O–H groups in total. The Morgan fingerprint density at radius 1 is 1.16 bits per heavy atom. The van der Waals surface area contributed by atoms with E-state index in [2.05, 4.69) is 0 Å². The van der Waals surface area contributed by atoms with Gasteiger partial charge in [0.15, 0.2) is 0 Å². The van der Waals surface area contributed by atoms with Crippen LogP contribution < -0.4 is 15.4 Å². The van der Waals surface area contributed by atoms with Crippen LogP contribution in [0.3, 0.4) is 0 Å². The Hall–Kier alpha value is -2.23. The molecule has 2 rings (SSSR count). The van der Waals surface area contributed by atoms with Gasteiger partial charge in [0.05, 0.1) is 18.5 Å². The predicted octanol–water partition coefficient (Wildman–Crippen LogP) is 3.57. The Morgan fingerprint density at radius 3 is 2.37 bits per heavy atom. The Balaban J connectivity index is 2.39. The van der Waals surface area contributed by atoms with Gasteiger partial charge in [-0.2, -0.15) is 0 Å². The molecule has 4 heteroatoms. The lowest BCUT2D eigenvalue weighted by Crippen LogP contribution is -2.17. The fourth-order valence-corrected chi connectivity index (χ4v) is 2.02. The number of anilines is 3. The minimum absolute atomic E-state index is 0.248. The number of methoxy groups -OCH3 is 1. The summed E-state index contributed by atoms with van der Waals surface area (Å²) in [5.74, 6) is 0.471. The summed E-state index contributed by atoms with van der Waals surface area (Å²) in [6, 6.07) is 11.9.